The Bertz CT molecular complexity index is 1250. The number of thiol groups is 2. The Kier molecular flexibility index (Phi) is 41.5. The number of aliphatic carboxylic acids is 3. The fraction of sp³-hybridized carbons (Fsp3) is 0.837. The van der Waals surface area contributed by atoms with Gasteiger partial charge >= 0.3 is 17.9 Å². The molecule has 0 aliphatic rings. The number of rotatable bonds is 47. The standard InChI is InChI=1S/C43H77N3O14S3/c47-34(22-23-36(42(55)56)46-37(48)20-13-11-9-7-5-3-1-2-4-6-8-10-12-14-21-40(51)52)18-17-26-57-28-30-59-33-39(50)45-25-27-58-29-31-60-32-38(49)44-24-16-15-19-35(41(53)54)43(61)63-62/h35-36,43,61-62H,1-33H2,(H,44,49)(H,45,50)(H,46,48)(H,51,52)(H,53,54)(H,55,56)/t35-,36-,43?/m0/s1. The molecule has 1 unspecified atom stereocenters. The Morgan fingerprint density at radius 3 is 1.48 bits per heavy atom. The normalized spacial score (nSPS) is 12.6. The van der Waals surface area contributed by atoms with Gasteiger partial charge in [-0.25, -0.2) is 4.79 Å². The van der Waals surface area contributed by atoms with Gasteiger partial charge in [0.15, 0.2) is 0 Å². The number of ether oxygens (including phenoxy) is 4. The Morgan fingerprint density at radius 1 is 0.476 bits per heavy atom. The first-order valence-corrected chi connectivity index (χ1v) is 25.1. The summed E-state index contributed by atoms with van der Waals surface area (Å²) in [5, 5.41) is 35.4. The lowest BCUT2D eigenvalue weighted by Gasteiger charge is -2.16. The number of unbranched alkanes of at least 4 members (excludes halogenated alkanes) is 14. The van der Waals surface area contributed by atoms with Gasteiger partial charge in [0.1, 0.15) is 25.0 Å². The minimum absolute atomic E-state index is 0.0297. The van der Waals surface area contributed by atoms with Gasteiger partial charge in [0.25, 0.3) is 0 Å². The Balaban J connectivity index is 3.68. The van der Waals surface area contributed by atoms with Crippen molar-refractivity contribution in [2.75, 3.05) is 65.9 Å². The average Bonchev–Trinajstić information content (AvgIpc) is 3.24. The molecule has 0 rings (SSSR count). The number of carbonyl (C=O) groups excluding carboxylic acids is 4. The third kappa shape index (κ3) is 40.6. The highest BCUT2D eigenvalue weighted by atomic mass is 33.1. The molecule has 6 N–H and O–H groups in total. The van der Waals surface area contributed by atoms with Crippen LogP contribution in [-0.2, 0) is 52.5 Å². The first-order valence-electron chi connectivity index (χ1n) is 22.7. The molecule has 63 heavy (non-hydrogen) atoms. The molecular weight excluding hydrogens is 879 g/mol. The summed E-state index contributed by atoms with van der Waals surface area (Å²) in [4.78, 5) is 81.9. The van der Waals surface area contributed by atoms with E-state index < -0.39 is 34.4 Å². The van der Waals surface area contributed by atoms with Gasteiger partial charge < -0.3 is 50.2 Å². The smallest absolute Gasteiger partial charge is 0.326 e. The van der Waals surface area contributed by atoms with Crippen LogP contribution in [-0.4, -0.2) is 133 Å². The lowest BCUT2D eigenvalue weighted by atomic mass is 10.0. The van der Waals surface area contributed by atoms with Crippen molar-refractivity contribution in [3.8, 4) is 0 Å². The van der Waals surface area contributed by atoms with Gasteiger partial charge in [0.05, 0.1) is 43.5 Å². The molecule has 3 amide bonds. The van der Waals surface area contributed by atoms with Gasteiger partial charge in [-0.1, -0.05) is 94.3 Å². The molecule has 0 aromatic heterocycles. The van der Waals surface area contributed by atoms with E-state index >= 15 is 0 Å². The lowest BCUT2D eigenvalue weighted by molar-refractivity contribution is -0.142. The Hall–Kier alpha value is -2.62. The highest BCUT2D eigenvalue weighted by molar-refractivity contribution is 8.70. The summed E-state index contributed by atoms with van der Waals surface area (Å²) in [6, 6.07) is -1.11. The summed E-state index contributed by atoms with van der Waals surface area (Å²) in [5.74, 6) is -4.43. The van der Waals surface area contributed by atoms with E-state index in [-0.39, 0.29) is 108 Å². The zero-order valence-corrected chi connectivity index (χ0v) is 39.8. The first-order chi connectivity index (χ1) is 30.4. The van der Waals surface area contributed by atoms with E-state index in [1.54, 1.807) is 0 Å². The van der Waals surface area contributed by atoms with Crippen LogP contribution in [0.2, 0.25) is 0 Å². The molecule has 3 atom stereocenters. The van der Waals surface area contributed by atoms with Crippen molar-refractivity contribution in [3.63, 3.8) is 0 Å². The number of hydrogen-bond acceptors (Lipinski definition) is 14. The summed E-state index contributed by atoms with van der Waals surface area (Å²) in [6.45, 7) is 1.79. The van der Waals surface area contributed by atoms with Crippen molar-refractivity contribution in [1.29, 1.82) is 0 Å². The number of Topliss-reactive ketones (excluding diaryl/α,β-unsaturated/α-hetero) is 1. The van der Waals surface area contributed by atoms with Crippen molar-refractivity contribution in [3.05, 3.63) is 0 Å². The second-order valence-corrected chi connectivity index (χ2v) is 17.7. The van der Waals surface area contributed by atoms with E-state index in [4.69, 9.17) is 24.1 Å². The third-order valence-corrected chi connectivity index (χ3v) is 12.3. The van der Waals surface area contributed by atoms with E-state index in [1.807, 2.05) is 0 Å². The van der Waals surface area contributed by atoms with Crippen LogP contribution < -0.4 is 16.0 Å². The summed E-state index contributed by atoms with van der Waals surface area (Å²) >= 11 is 8.24. The van der Waals surface area contributed by atoms with Crippen molar-refractivity contribution < 1.29 is 67.8 Å². The maximum absolute atomic E-state index is 12.3. The van der Waals surface area contributed by atoms with Crippen LogP contribution in [0.3, 0.4) is 0 Å². The van der Waals surface area contributed by atoms with Gasteiger partial charge in [-0.15, -0.1) is 11.7 Å². The van der Waals surface area contributed by atoms with Crippen LogP contribution in [0.1, 0.15) is 148 Å². The van der Waals surface area contributed by atoms with Crippen molar-refractivity contribution in [1.82, 2.24) is 16.0 Å². The van der Waals surface area contributed by atoms with Crippen LogP contribution in [0, 0.1) is 5.92 Å². The molecule has 20 heteroatoms. The van der Waals surface area contributed by atoms with Gasteiger partial charge in [-0.2, -0.15) is 12.6 Å². The number of carboxylic acid groups (broad SMARTS) is 3. The third-order valence-electron chi connectivity index (χ3n) is 9.95. The number of carbonyl (C=O) groups is 7. The summed E-state index contributed by atoms with van der Waals surface area (Å²) < 4.78 is 21.0. The number of amides is 3. The molecule has 0 saturated carbocycles. The van der Waals surface area contributed by atoms with E-state index in [0.717, 1.165) is 49.3 Å². The van der Waals surface area contributed by atoms with Gasteiger partial charge in [-0.05, 0) is 38.5 Å². The maximum Gasteiger partial charge on any atom is 0.326 e. The van der Waals surface area contributed by atoms with Gasteiger partial charge in [-0.3, -0.25) is 28.8 Å². The zero-order valence-electron chi connectivity index (χ0n) is 37.2. The van der Waals surface area contributed by atoms with Crippen LogP contribution >= 0.6 is 35.1 Å². The number of carboxylic acids is 3. The van der Waals surface area contributed by atoms with E-state index in [2.05, 4.69) is 40.2 Å². The van der Waals surface area contributed by atoms with E-state index in [1.165, 1.54) is 44.9 Å². The van der Waals surface area contributed by atoms with Crippen LogP contribution in [0.4, 0.5) is 0 Å². The fourth-order valence-electron chi connectivity index (χ4n) is 6.32. The first kappa shape index (κ1) is 60.4. The molecule has 0 spiro atoms. The summed E-state index contributed by atoms with van der Waals surface area (Å²) in [6.07, 6.45) is 18.0. The zero-order chi connectivity index (χ0) is 46.8. The molecule has 0 aliphatic carbocycles. The number of ketones is 1. The predicted octanol–water partition coefficient (Wildman–Crippen LogP) is 6.02. The van der Waals surface area contributed by atoms with E-state index in [9.17, 15) is 43.8 Å². The molecule has 366 valence electrons. The Labute approximate surface area is 389 Å². The monoisotopic (exact) mass is 955 g/mol. The number of nitrogens with one attached hydrogen (secondary N) is 3. The molecule has 0 aliphatic heterocycles. The SMILES string of the molecule is O=C(O)CCCCCCCCCCCCCCCCC(=O)N[C@@H](CCC(=O)CCCOCCOCC(=O)NCCOCCOCC(=O)NCCCC[C@@H](C(=O)O)C(S)SS)C(=O)O. The highest BCUT2D eigenvalue weighted by Gasteiger charge is 2.25. The molecule has 17 nitrogen and oxygen atoms in total. The maximum atomic E-state index is 12.3. The predicted molar refractivity (Wildman–Crippen MR) is 248 cm³/mol. The summed E-state index contributed by atoms with van der Waals surface area (Å²) in [5.41, 5.74) is 0. The molecule has 0 aromatic rings. The van der Waals surface area contributed by atoms with Crippen LogP contribution in [0.5, 0.6) is 0 Å². The van der Waals surface area contributed by atoms with Crippen LogP contribution in [0.15, 0.2) is 0 Å². The van der Waals surface area contributed by atoms with E-state index in [0.29, 0.717) is 45.3 Å². The molecule has 0 saturated heterocycles. The topological polar surface area (TPSA) is 253 Å². The fourth-order valence-corrected chi connectivity index (χ4v) is 7.44. The second-order valence-electron chi connectivity index (χ2n) is 15.4. The number of hydrogen-bond donors (Lipinski definition) is 8. The Morgan fingerprint density at radius 2 is 0.968 bits per heavy atom. The second kappa shape index (κ2) is 43.3. The minimum atomic E-state index is -1.16. The lowest BCUT2D eigenvalue weighted by Crippen LogP contribution is -2.41. The van der Waals surface area contributed by atoms with Crippen LogP contribution in [0.25, 0.3) is 0 Å². The quantitative estimate of drug-likeness (QED) is 0.0150. The minimum Gasteiger partial charge on any atom is -0.481 e. The molecule has 0 heterocycles. The average molecular weight is 956 g/mol. The molecular formula is C43H77N3O14S3. The van der Waals surface area contributed by atoms with Crippen molar-refractivity contribution >= 4 is 76.5 Å². The highest BCUT2D eigenvalue weighted by Crippen LogP contribution is 2.29. The molecule has 0 fully saturated rings. The molecule has 0 bridgehead atoms. The van der Waals surface area contributed by atoms with Gasteiger partial charge in [0, 0.05) is 45.4 Å². The van der Waals surface area contributed by atoms with Gasteiger partial charge in [0.2, 0.25) is 17.7 Å². The van der Waals surface area contributed by atoms with Crippen molar-refractivity contribution in [2.45, 2.75) is 158 Å². The summed E-state index contributed by atoms with van der Waals surface area (Å²) in [7, 11) is 1.09. The largest absolute Gasteiger partial charge is 0.481 e. The molecule has 0 aromatic carbocycles. The molecule has 0 radical (unpaired) electrons. The van der Waals surface area contributed by atoms with Crippen molar-refractivity contribution in [2.24, 2.45) is 5.92 Å².